The van der Waals surface area contributed by atoms with E-state index in [1.807, 2.05) is 5.38 Å². The van der Waals surface area contributed by atoms with Crippen molar-refractivity contribution in [1.82, 2.24) is 4.98 Å². The number of aromatic nitrogens is 1. The van der Waals surface area contributed by atoms with Gasteiger partial charge in [-0.25, -0.2) is 4.98 Å². The lowest BCUT2D eigenvalue weighted by Crippen LogP contribution is -2.32. The Bertz CT molecular complexity index is 610. The molecule has 1 heterocycles. The van der Waals surface area contributed by atoms with Crippen molar-refractivity contribution in [2.75, 3.05) is 5.32 Å². The van der Waals surface area contributed by atoms with Crippen molar-refractivity contribution in [2.24, 2.45) is 5.73 Å². The fourth-order valence-electron chi connectivity index (χ4n) is 1.78. The molecule has 0 aliphatic carbocycles. The lowest BCUT2D eigenvalue weighted by molar-refractivity contribution is -0.117. The molecule has 2 rings (SSSR count). The molecule has 0 bridgehead atoms. The van der Waals surface area contributed by atoms with Gasteiger partial charge >= 0.3 is 0 Å². The van der Waals surface area contributed by atoms with E-state index in [1.54, 1.807) is 6.92 Å². The molecule has 0 saturated heterocycles. The van der Waals surface area contributed by atoms with E-state index in [2.05, 4.69) is 42.3 Å². The Kier molecular flexibility index (Phi) is 5.68. The Balaban J connectivity index is 0.00000200. The van der Waals surface area contributed by atoms with Crippen molar-refractivity contribution in [1.29, 1.82) is 0 Å². The molecular weight excluding hydrogens is 294 g/mol. The fraction of sp³-hybridized carbons (Fsp3) is 0.286. The van der Waals surface area contributed by atoms with Gasteiger partial charge < -0.3 is 11.1 Å². The topological polar surface area (TPSA) is 68.0 Å². The van der Waals surface area contributed by atoms with E-state index >= 15 is 0 Å². The molecule has 1 aromatic heterocycles. The highest BCUT2D eigenvalue weighted by molar-refractivity contribution is 7.14. The van der Waals surface area contributed by atoms with Crippen LogP contribution in [0, 0.1) is 13.8 Å². The van der Waals surface area contributed by atoms with Crippen LogP contribution in [0.5, 0.6) is 0 Å². The quantitative estimate of drug-likeness (QED) is 0.915. The van der Waals surface area contributed by atoms with Gasteiger partial charge in [-0.05, 0) is 26.3 Å². The van der Waals surface area contributed by atoms with E-state index in [-0.39, 0.29) is 18.3 Å². The highest BCUT2D eigenvalue weighted by atomic mass is 35.5. The van der Waals surface area contributed by atoms with Crippen LogP contribution in [0.1, 0.15) is 18.1 Å². The number of nitrogens with one attached hydrogen (secondary N) is 1. The first-order valence-electron chi connectivity index (χ1n) is 6.07. The van der Waals surface area contributed by atoms with Crippen molar-refractivity contribution in [3.63, 3.8) is 0 Å². The van der Waals surface area contributed by atoms with Gasteiger partial charge in [0.1, 0.15) is 0 Å². The monoisotopic (exact) mass is 311 g/mol. The zero-order chi connectivity index (χ0) is 14.0. The maximum absolute atomic E-state index is 11.5. The van der Waals surface area contributed by atoms with E-state index in [1.165, 1.54) is 22.5 Å². The van der Waals surface area contributed by atoms with Crippen molar-refractivity contribution >= 4 is 34.8 Å². The molecule has 0 aliphatic heterocycles. The summed E-state index contributed by atoms with van der Waals surface area (Å²) in [6.07, 6.45) is 0. The highest BCUT2D eigenvalue weighted by Crippen LogP contribution is 2.27. The first-order valence-corrected chi connectivity index (χ1v) is 6.95. The number of carbonyl (C=O) groups is 1. The molecule has 1 amide bonds. The van der Waals surface area contributed by atoms with Gasteiger partial charge in [0.2, 0.25) is 5.91 Å². The van der Waals surface area contributed by atoms with Gasteiger partial charge in [0, 0.05) is 10.9 Å². The SMILES string of the molecule is Cc1ccc(-c2csc(NC(=O)C(C)N)n2)c(C)c1.Cl. The molecule has 0 spiro atoms. The number of nitrogens with zero attached hydrogens (tertiary/aromatic N) is 1. The molecule has 20 heavy (non-hydrogen) atoms. The van der Waals surface area contributed by atoms with Crippen LogP contribution in [0.4, 0.5) is 5.13 Å². The molecular formula is C14H18ClN3OS. The maximum Gasteiger partial charge on any atom is 0.242 e. The van der Waals surface area contributed by atoms with Crippen molar-refractivity contribution in [2.45, 2.75) is 26.8 Å². The number of hydrogen-bond donors (Lipinski definition) is 2. The summed E-state index contributed by atoms with van der Waals surface area (Å²) in [7, 11) is 0. The number of benzene rings is 1. The number of thiazole rings is 1. The van der Waals surface area contributed by atoms with Crippen LogP contribution in [0.3, 0.4) is 0 Å². The van der Waals surface area contributed by atoms with Crippen LogP contribution in [0.2, 0.25) is 0 Å². The van der Waals surface area contributed by atoms with Crippen molar-refractivity contribution in [3.8, 4) is 11.3 Å². The molecule has 6 heteroatoms. The number of hydrogen-bond acceptors (Lipinski definition) is 4. The zero-order valence-electron chi connectivity index (χ0n) is 11.6. The van der Waals surface area contributed by atoms with Gasteiger partial charge in [-0.3, -0.25) is 4.79 Å². The molecule has 0 aliphatic rings. The lowest BCUT2D eigenvalue weighted by atomic mass is 10.0. The Hall–Kier alpha value is -1.43. The molecule has 0 saturated carbocycles. The van der Waals surface area contributed by atoms with Crippen LogP contribution in [-0.2, 0) is 4.79 Å². The summed E-state index contributed by atoms with van der Waals surface area (Å²) in [6, 6.07) is 5.70. The van der Waals surface area contributed by atoms with E-state index < -0.39 is 6.04 Å². The minimum atomic E-state index is -0.534. The zero-order valence-corrected chi connectivity index (χ0v) is 13.3. The Labute approximate surface area is 128 Å². The van der Waals surface area contributed by atoms with Crippen LogP contribution < -0.4 is 11.1 Å². The minimum Gasteiger partial charge on any atom is -0.320 e. The summed E-state index contributed by atoms with van der Waals surface area (Å²) in [6.45, 7) is 5.77. The highest BCUT2D eigenvalue weighted by Gasteiger charge is 2.11. The number of aryl methyl sites for hydroxylation is 2. The normalized spacial score (nSPS) is 11.6. The lowest BCUT2D eigenvalue weighted by Gasteiger charge is -2.05. The van der Waals surface area contributed by atoms with E-state index in [9.17, 15) is 4.79 Å². The van der Waals surface area contributed by atoms with Crippen LogP contribution in [-0.4, -0.2) is 16.9 Å². The number of amides is 1. The van der Waals surface area contributed by atoms with Gasteiger partial charge in [0.25, 0.3) is 0 Å². The minimum absolute atomic E-state index is 0. The van der Waals surface area contributed by atoms with Crippen LogP contribution in [0.15, 0.2) is 23.6 Å². The second-order valence-electron chi connectivity index (χ2n) is 4.63. The summed E-state index contributed by atoms with van der Waals surface area (Å²) in [5.74, 6) is -0.221. The smallest absolute Gasteiger partial charge is 0.242 e. The molecule has 3 N–H and O–H groups in total. The number of halogens is 1. The average molecular weight is 312 g/mol. The van der Waals surface area contributed by atoms with Gasteiger partial charge in [0.05, 0.1) is 11.7 Å². The second kappa shape index (κ2) is 6.83. The van der Waals surface area contributed by atoms with Gasteiger partial charge in [-0.2, -0.15) is 0 Å². The van der Waals surface area contributed by atoms with Gasteiger partial charge in [0.15, 0.2) is 5.13 Å². The first-order chi connectivity index (χ1) is 8.97. The molecule has 1 aromatic carbocycles. The summed E-state index contributed by atoms with van der Waals surface area (Å²) >= 11 is 1.40. The Morgan fingerprint density at radius 2 is 2.10 bits per heavy atom. The number of carbonyl (C=O) groups excluding carboxylic acids is 1. The van der Waals surface area contributed by atoms with E-state index in [4.69, 9.17) is 5.73 Å². The molecule has 0 radical (unpaired) electrons. The maximum atomic E-state index is 11.5. The molecule has 1 atom stereocenters. The molecule has 0 fully saturated rings. The molecule has 1 unspecified atom stereocenters. The van der Waals surface area contributed by atoms with E-state index in [0.29, 0.717) is 5.13 Å². The third kappa shape index (κ3) is 3.79. The third-order valence-corrected chi connectivity index (χ3v) is 3.56. The standard InChI is InChI=1S/C14H17N3OS.ClH/c1-8-4-5-11(9(2)6-8)12-7-19-14(16-12)17-13(18)10(3)15;/h4-7,10H,15H2,1-3H3,(H,16,17,18);1H. The molecule has 4 nitrogen and oxygen atoms in total. The number of nitrogens with two attached hydrogens (primary N) is 1. The molecule has 108 valence electrons. The van der Waals surface area contributed by atoms with E-state index in [0.717, 1.165) is 11.3 Å². The predicted octanol–water partition coefficient (Wildman–Crippen LogP) is 3.13. The third-order valence-electron chi connectivity index (χ3n) is 2.81. The number of rotatable bonds is 3. The summed E-state index contributed by atoms with van der Waals surface area (Å²) in [4.78, 5) is 15.9. The largest absolute Gasteiger partial charge is 0.320 e. The first kappa shape index (κ1) is 16.6. The van der Waals surface area contributed by atoms with Gasteiger partial charge in [-0.1, -0.05) is 23.8 Å². The van der Waals surface area contributed by atoms with Crippen molar-refractivity contribution < 1.29 is 4.79 Å². The second-order valence-corrected chi connectivity index (χ2v) is 5.49. The molecule has 2 aromatic rings. The Morgan fingerprint density at radius 3 is 2.70 bits per heavy atom. The predicted molar refractivity (Wildman–Crippen MR) is 86.6 cm³/mol. The summed E-state index contributed by atoms with van der Waals surface area (Å²) < 4.78 is 0. The Morgan fingerprint density at radius 1 is 1.40 bits per heavy atom. The van der Waals surface area contributed by atoms with Gasteiger partial charge in [-0.15, -0.1) is 23.7 Å². The van der Waals surface area contributed by atoms with Crippen LogP contribution >= 0.6 is 23.7 Å². The van der Waals surface area contributed by atoms with Crippen molar-refractivity contribution in [3.05, 3.63) is 34.7 Å². The summed E-state index contributed by atoms with van der Waals surface area (Å²) in [5, 5.41) is 5.23. The van der Waals surface area contributed by atoms with Crippen LogP contribution in [0.25, 0.3) is 11.3 Å². The summed E-state index contributed by atoms with van der Waals surface area (Å²) in [5.41, 5.74) is 9.87. The fourth-order valence-corrected chi connectivity index (χ4v) is 2.49. The number of anilines is 1. The average Bonchev–Trinajstić information content (AvgIpc) is 2.77.